The van der Waals surface area contributed by atoms with Crippen molar-refractivity contribution in [2.45, 2.75) is 13.5 Å². The van der Waals surface area contributed by atoms with E-state index in [2.05, 4.69) is 25.1 Å². The molecule has 1 saturated heterocycles. The molecule has 0 saturated carbocycles. The number of aromatic nitrogens is 6. The number of hydroxylamine groups is 1. The Morgan fingerprint density at radius 3 is 2.72 bits per heavy atom. The van der Waals surface area contributed by atoms with Gasteiger partial charge in [-0.25, -0.2) is 25.4 Å². The van der Waals surface area contributed by atoms with Crippen molar-refractivity contribution in [1.82, 2.24) is 35.6 Å². The lowest BCUT2D eigenvalue weighted by atomic mass is 10.1. The molecular weight excluding hydrogens is 522 g/mol. The molecule has 13 nitrogen and oxygen atoms in total. The number of rotatable bonds is 6. The predicted octanol–water partition coefficient (Wildman–Crippen LogP) is 2.53. The van der Waals surface area contributed by atoms with E-state index < -0.39 is 5.91 Å². The molecule has 4 aromatic heterocycles. The van der Waals surface area contributed by atoms with Crippen molar-refractivity contribution in [3.8, 4) is 11.4 Å². The average molecular weight is 546 g/mol. The summed E-state index contributed by atoms with van der Waals surface area (Å²) < 4.78 is 6.48. The summed E-state index contributed by atoms with van der Waals surface area (Å²) in [7, 11) is 0. The van der Waals surface area contributed by atoms with E-state index in [-0.39, 0.29) is 24.0 Å². The standard InChI is InChI=1S/C25H23N9O4S/c1-14(35)34(25-26-10-15(11-27-25)24(36)32-37)13-16-9-20-21(39-16)23(33-5-7-38-8-6-33)30-22(29-20)17-3-2-4-19-18(17)12-28-31-19/h2-4,9-12,37H,5-8,13H2,1H3,(H,28,31)(H,32,36). The maximum absolute atomic E-state index is 12.6. The number of nitrogens with zero attached hydrogens (tertiary/aromatic N) is 7. The molecule has 0 atom stereocenters. The van der Waals surface area contributed by atoms with E-state index in [0.717, 1.165) is 37.4 Å². The minimum Gasteiger partial charge on any atom is -0.378 e. The highest BCUT2D eigenvalue weighted by Gasteiger charge is 2.23. The first kappa shape index (κ1) is 24.8. The molecule has 1 aliphatic heterocycles. The summed E-state index contributed by atoms with van der Waals surface area (Å²) >= 11 is 1.51. The molecule has 1 aliphatic rings. The minimum atomic E-state index is -0.739. The fourth-order valence-electron chi connectivity index (χ4n) is 4.44. The Morgan fingerprint density at radius 1 is 1.18 bits per heavy atom. The molecule has 1 fully saturated rings. The van der Waals surface area contributed by atoms with Gasteiger partial charge in [0.1, 0.15) is 0 Å². The van der Waals surface area contributed by atoms with E-state index in [1.807, 2.05) is 24.3 Å². The molecule has 0 unspecified atom stereocenters. The van der Waals surface area contributed by atoms with Crippen molar-refractivity contribution in [3.63, 3.8) is 0 Å². The monoisotopic (exact) mass is 545 g/mol. The smallest absolute Gasteiger partial charge is 0.277 e. The number of morpholine rings is 1. The van der Waals surface area contributed by atoms with Crippen LogP contribution in [0.25, 0.3) is 32.5 Å². The molecule has 0 radical (unpaired) electrons. The van der Waals surface area contributed by atoms with E-state index in [1.54, 1.807) is 6.20 Å². The number of thiophene rings is 1. The number of hydrogen-bond donors (Lipinski definition) is 3. The number of benzene rings is 1. The maximum atomic E-state index is 12.6. The fraction of sp³-hybridized carbons (Fsp3) is 0.240. The summed E-state index contributed by atoms with van der Waals surface area (Å²) in [6.07, 6.45) is 4.27. The van der Waals surface area contributed by atoms with Crippen molar-refractivity contribution < 1.29 is 19.5 Å². The Kier molecular flexibility index (Phi) is 6.56. The predicted molar refractivity (Wildman–Crippen MR) is 144 cm³/mol. The molecule has 1 aromatic carbocycles. The molecule has 5 heterocycles. The molecule has 3 N–H and O–H groups in total. The van der Waals surface area contributed by atoms with Gasteiger partial charge >= 0.3 is 0 Å². The average Bonchev–Trinajstić information content (AvgIpc) is 3.62. The van der Waals surface area contributed by atoms with Crippen molar-refractivity contribution in [2.24, 2.45) is 0 Å². The second-order valence-corrected chi connectivity index (χ2v) is 9.99. The van der Waals surface area contributed by atoms with Gasteiger partial charge < -0.3 is 9.64 Å². The lowest BCUT2D eigenvalue weighted by molar-refractivity contribution is -0.116. The summed E-state index contributed by atoms with van der Waals surface area (Å²) in [6.45, 7) is 4.25. The first-order valence-electron chi connectivity index (χ1n) is 12.1. The van der Waals surface area contributed by atoms with E-state index in [4.69, 9.17) is 19.9 Å². The highest BCUT2D eigenvalue weighted by molar-refractivity contribution is 7.19. The molecule has 5 aromatic rings. The van der Waals surface area contributed by atoms with Crippen LogP contribution in [0, 0.1) is 0 Å². The summed E-state index contributed by atoms with van der Waals surface area (Å²) in [5.74, 6) is 0.543. The number of nitrogens with one attached hydrogen (secondary N) is 2. The molecule has 198 valence electrons. The van der Waals surface area contributed by atoms with Crippen LogP contribution in [0.5, 0.6) is 0 Å². The van der Waals surface area contributed by atoms with Crippen LogP contribution in [0.3, 0.4) is 0 Å². The number of ether oxygens (including phenoxy) is 1. The molecule has 0 aliphatic carbocycles. The van der Waals surface area contributed by atoms with E-state index in [1.165, 1.54) is 41.0 Å². The Labute approximate surface area is 225 Å². The fourth-order valence-corrected chi connectivity index (χ4v) is 5.54. The van der Waals surface area contributed by atoms with Crippen LogP contribution < -0.4 is 15.3 Å². The highest BCUT2D eigenvalue weighted by atomic mass is 32.1. The number of H-pyrrole nitrogens is 1. The van der Waals surface area contributed by atoms with E-state index in [0.29, 0.717) is 32.1 Å². The Balaban J connectivity index is 1.41. The number of amides is 2. The molecule has 0 spiro atoms. The van der Waals surface area contributed by atoms with Crippen molar-refractivity contribution >= 4 is 56.0 Å². The number of aromatic amines is 1. The van der Waals surface area contributed by atoms with Gasteiger partial charge in [-0.3, -0.25) is 24.8 Å². The zero-order valence-corrected chi connectivity index (χ0v) is 21.6. The second-order valence-electron chi connectivity index (χ2n) is 8.85. The number of carbonyl (C=O) groups is 2. The van der Waals surface area contributed by atoms with Crippen LogP contribution in [-0.2, 0) is 16.1 Å². The Hall–Kier alpha value is -4.53. The quantitative estimate of drug-likeness (QED) is 0.213. The topological polar surface area (TPSA) is 162 Å². The lowest BCUT2D eigenvalue weighted by Gasteiger charge is -2.28. The van der Waals surface area contributed by atoms with Crippen LogP contribution >= 0.6 is 11.3 Å². The van der Waals surface area contributed by atoms with Gasteiger partial charge in [-0.15, -0.1) is 11.3 Å². The van der Waals surface area contributed by atoms with Gasteiger partial charge in [0.05, 0.1) is 47.3 Å². The van der Waals surface area contributed by atoms with Gasteiger partial charge in [-0.1, -0.05) is 12.1 Å². The van der Waals surface area contributed by atoms with Crippen LogP contribution in [0.15, 0.2) is 42.9 Å². The second kappa shape index (κ2) is 10.3. The zero-order chi connectivity index (χ0) is 26.9. The van der Waals surface area contributed by atoms with Crippen LogP contribution in [0.2, 0.25) is 0 Å². The maximum Gasteiger partial charge on any atom is 0.277 e. The Morgan fingerprint density at radius 2 is 1.97 bits per heavy atom. The summed E-state index contributed by atoms with van der Waals surface area (Å²) in [5, 5.41) is 16.9. The van der Waals surface area contributed by atoms with Crippen LogP contribution in [0.4, 0.5) is 11.8 Å². The third-order valence-corrected chi connectivity index (χ3v) is 7.48. The Bertz CT molecular complexity index is 1680. The highest BCUT2D eigenvalue weighted by Crippen LogP contribution is 2.36. The molecule has 2 amide bonds. The summed E-state index contributed by atoms with van der Waals surface area (Å²) in [6, 6.07) is 7.83. The van der Waals surface area contributed by atoms with Gasteiger partial charge in [-0.05, 0) is 12.1 Å². The van der Waals surface area contributed by atoms with Gasteiger partial charge in [0.15, 0.2) is 11.6 Å². The van der Waals surface area contributed by atoms with E-state index in [9.17, 15) is 9.59 Å². The van der Waals surface area contributed by atoms with Gasteiger partial charge in [0.2, 0.25) is 11.9 Å². The molecule has 6 rings (SSSR count). The zero-order valence-electron chi connectivity index (χ0n) is 20.8. The SMILES string of the molecule is CC(=O)N(Cc1cc2nc(-c3cccc4[nH]ncc34)nc(N3CCOCC3)c2s1)c1ncc(C(=O)NO)cn1. The molecule has 14 heteroatoms. The molecule has 39 heavy (non-hydrogen) atoms. The van der Waals surface area contributed by atoms with Gasteiger partial charge in [-0.2, -0.15) is 5.10 Å². The van der Waals surface area contributed by atoms with Crippen LogP contribution in [-0.4, -0.2) is 73.5 Å². The van der Waals surface area contributed by atoms with Crippen LogP contribution in [0.1, 0.15) is 22.2 Å². The summed E-state index contributed by atoms with van der Waals surface area (Å²) in [4.78, 5) is 46.9. The van der Waals surface area contributed by atoms with Crippen molar-refractivity contribution in [3.05, 3.63) is 53.3 Å². The number of hydrogen-bond acceptors (Lipinski definition) is 11. The first-order valence-corrected chi connectivity index (χ1v) is 12.9. The van der Waals surface area contributed by atoms with Crippen molar-refractivity contribution in [2.75, 3.05) is 36.1 Å². The molecular formula is C25H23N9O4S. The minimum absolute atomic E-state index is 0.0669. The van der Waals surface area contributed by atoms with Gasteiger partial charge in [0.25, 0.3) is 5.91 Å². The first-order chi connectivity index (χ1) is 19.0. The number of carbonyl (C=O) groups excluding carboxylic acids is 2. The van der Waals surface area contributed by atoms with E-state index >= 15 is 0 Å². The third-order valence-electron chi connectivity index (χ3n) is 6.38. The number of fused-ring (bicyclic) bond motifs is 2. The summed E-state index contributed by atoms with van der Waals surface area (Å²) in [5.41, 5.74) is 4.14. The third kappa shape index (κ3) is 4.76. The molecule has 0 bridgehead atoms. The van der Waals surface area contributed by atoms with Crippen molar-refractivity contribution in [1.29, 1.82) is 0 Å². The normalized spacial score (nSPS) is 13.6. The lowest BCUT2D eigenvalue weighted by Crippen LogP contribution is -2.36. The largest absolute Gasteiger partial charge is 0.378 e. The van der Waals surface area contributed by atoms with Gasteiger partial charge in [0, 0.05) is 48.2 Å². The number of anilines is 2.